The fourth-order valence-corrected chi connectivity index (χ4v) is 3.38. The van der Waals surface area contributed by atoms with E-state index in [9.17, 15) is 4.79 Å². The van der Waals surface area contributed by atoms with Gasteiger partial charge in [-0.15, -0.1) is 0 Å². The van der Waals surface area contributed by atoms with Crippen molar-refractivity contribution in [3.63, 3.8) is 0 Å². The first-order valence-corrected chi connectivity index (χ1v) is 9.78. The Hall–Kier alpha value is -3.89. The predicted octanol–water partition coefficient (Wildman–Crippen LogP) is 5.24. The summed E-state index contributed by atoms with van der Waals surface area (Å²) in [6, 6.07) is 32.7. The summed E-state index contributed by atoms with van der Waals surface area (Å²) >= 11 is 0. The van der Waals surface area contributed by atoms with Crippen LogP contribution in [-0.2, 0) is 0 Å². The number of benzene rings is 4. The fourth-order valence-electron chi connectivity index (χ4n) is 3.38. The Morgan fingerprint density at radius 2 is 1.37 bits per heavy atom. The number of para-hydroxylation sites is 2. The van der Waals surface area contributed by atoms with Crippen LogP contribution in [0.15, 0.2) is 103 Å². The average molecular weight is 393 g/mol. The van der Waals surface area contributed by atoms with Crippen molar-refractivity contribution >= 4 is 17.3 Å². The molecule has 0 saturated carbocycles. The Morgan fingerprint density at radius 3 is 2.10 bits per heavy atom. The van der Waals surface area contributed by atoms with Gasteiger partial charge in [-0.1, -0.05) is 72.8 Å². The van der Waals surface area contributed by atoms with Gasteiger partial charge in [0.2, 0.25) is 0 Å². The lowest BCUT2D eigenvalue weighted by atomic mass is 9.95. The van der Waals surface area contributed by atoms with E-state index >= 15 is 0 Å². The maximum Gasteiger partial charge on any atom is 0.255 e. The topological polar surface area (TPSA) is 81.1 Å². The van der Waals surface area contributed by atoms with Crippen molar-refractivity contribution in [3.05, 3.63) is 120 Å². The third-order valence-corrected chi connectivity index (χ3v) is 5.09. The van der Waals surface area contributed by atoms with Gasteiger partial charge in [0.1, 0.15) is 0 Å². The summed E-state index contributed by atoms with van der Waals surface area (Å²) in [5, 5.41) is 2.84. The quantitative estimate of drug-likeness (QED) is 0.406. The van der Waals surface area contributed by atoms with Crippen molar-refractivity contribution in [2.24, 2.45) is 5.73 Å². The van der Waals surface area contributed by atoms with Gasteiger partial charge in [-0.05, 0) is 52.6 Å². The molecule has 5 N–H and O–H groups in total. The number of anilines is 2. The van der Waals surface area contributed by atoms with Gasteiger partial charge < -0.3 is 16.8 Å². The van der Waals surface area contributed by atoms with E-state index in [2.05, 4.69) is 29.6 Å². The summed E-state index contributed by atoms with van der Waals surface area (Å²) < 4.78 is 0. The van der Waals surface area contributed by atoms with E-state index in [4.69, 9.17) is 11.5 Å². The average Bonchev–Trinajstić information content (AvgIpc) is 2.81. The van der Waals surface area contributed by atoms with E-state index in [0.29, 0.717) is 16.9 Å². The SMILES string of the molecule is Nc1ccccc1NC(=O)c1ccc(C(N)c2cccc(-c3ccccc3)c2)cc1. The first-order chi connectivity index (χ1) is 14.6. The predicted molar refractivity (Wildman–Crippen MR) is 123 cm³/mol. The zero-order chi connectivity index (χ0) is 20.9. The third kappa shape index (κ3) is 4.24. The first kappa shape index (κ1) is 19.4. The van der Waals surface area contributed by atoms with Gasteiger partial charge in [0.25, 0.3) is 5.91 Å². The number of carbonyl (C=O) groups excluding carboxylic acids is 1. The van der Waals surface area contributed by atoms with Gasteiger partial charge in [-0.2, -0.15) is 0 Å². The van der Waals surface area contributed by atoms with Crippen LogP contribution in [0.25, 0.3) is 11.1 Å². The molecule has 4 nitrogen and oxygen atoms in total. The first-order valence-electron chi connectivity index (χ1n) is 9.78. The molecule has 4 aromatic rings. The highest BCUT2D eigenvalue weighted by molar-refractivity contribution is 6.05. The second-order valence-electron chi connectivity index (χ2n) is 7.13. The Morgan fingerprint density at radius 1 is 0.700 bits per heavy atom. The highest BCUT2D eigenvalue weighted by atomic mass is 16.1. The number of hydrogen-bond acceptors (Lipinski definition) is 3. The number of nitrogens with one attached hydrogen (secondary N) is 1. The van der Waals surface area contributed by atoms with E-state index in [1.54, 1.807) is 24.3 Å². The molecule has 148 valence electrons. The van der Waals surface area contributed by atoms with Gasteiger partial charge in [0.15, 0.2) is 0 Å². The molecular weight excluding hydrogens is 370 g/mol. The highest BCUT2D eigenvalue weighted by Gasteiger charge is 2.12. The van der Waals surface area contributed by atoms with Crippen LogP contribution in [0.1, 0.15) is 27.5 Å². The minimum Gasteiger partial charge on any atom is -0.397 e. The molecule has 0 aromatic heterocycles. The molecule has 0 spiro atoms. The normalized spacial score (nSPS) is 11.6. The summed E-state index contributed by atoms with van der Waals surface area (Å²) in [7, 11) is 0. The molecule has 0 aliphatic rings. The van der Waals surface area contributed by atoms with Crippen LogP contribution in [0.3, 0.4) is 0 Å². The standard InChI is InChI=1S/C26H23N3O/c27-23-11-4-5-12-24(23)29-26(30)20-15-13-19(14-16-20)25(28)22-10-6-9-21(17-22)18-7-2-1-3-8-18/h1-17,25H,27-28H2,(H,29,30). The molecule has 4 heteroatoms. The molecule has 0 bridgehead atoms. The van der Waals surface area contributed by atoms with Crippen LogP contribution < -0.4 is 16.8 Å². The lowest BCUT2D eigenvalue weighted by Gasteiger charge is -2.15. The molecule has 0 fully saturated rings. The van der Waals surface area contributed by atoms with Gasteiger partial charge in [0.05, 0.1) is 17.4 Å². The van der Waals surface area contributed by atoms with E-state index in [-0.39, 0.29) is 11.9 Å². The lowest BCUT2D eigenvalue weighted by molar-refractivity contribution is 0.102. The minimum atomic E-state index is -0.282. The maximum atomic E-state index is 12.5. The smallest absolute Gasteiger partial charge is 0.255 e. The molecule has 0 saturated heterocycles. The van der Waals surface area contributed by atoms with Crippen molar-refractivity contribution in [2.75, 3.05) is 11.1 Å². The summed E-state index contributed by atoms with van der Waals surface area (Å²) in [5.74, 6) is -0.209. The Bertz CT molecular complexity index is 1150. The van der Waals surface area contributed by atoms with Crippen molar-refractivity contribution in [2.45, 2.75) is 6.04 Å². The minimum absolute atomic E-state index is 0.209. The fraction of sp³-hybridized carbons (Fsp3) is 0.0385. The van der Waals surface area contributed by atoms with Gasteiger partial charge in [0, 0.05) is 5.56 Å². The molecule has 30 heavy (non-hydrogen) atoms. The number of nitrogens with two attached hydrogens (primary N) is 2. The lowest BCUT2D eigenvalue weighted by Crippen LogP contribution is -2.15. The largest absolute Gasteiger partial charge is 0.397 e. The molecule has 0 radical (unpaired) electrons. The number of nitrogen functional groups attached to an aromatic ring is 1. The van der Waals surface area contributed by atoms with Crippen molar-refractivity contribution in [1.29, 1.82) is 0 Å². The monoisotopic (exact) mass is 393 g/mol. The van der Waals surface area contributed by atoms with Crippen molar-refractivity contribution in [1.82, 2.24) is 0 Å². The van der Waals surface area contributed by atoms with E-state index in [1.807, 2.05) is 54.6 Å². The zero-order valence-electron chi connectivity index (χ0n) is 16.5. The second-order valence-corrected chi connectivity index (χ2v) is 7.13. The summed E-state index contributed by atoms with van der Waals surface area (Å²) in [6.45, 7) is 0. The molecule has 1 atom stereocenters. The van der Waals surface area contributed by atoms with Crippen molar-refractivity contribution in [3.8, 4) is 11.1 Å². The molecule has 0 aliphatic carbocycles. The Kier molecular flexibility index (Phi) is 5.59. The van der Waals surface area contributed by atoms with Crippen molar-refractivity contribution < 1.29 is 4.79 Å². The van der Waals surface area contributed by atoms with Crippen LogP contribution in [0.5, 0.6) is 0 Å². The molecule has 1 unspecified atom stereocenters. The summed E-state index contributed by atoms with van der Waals surface area (Å²) in [4.78, 5) is 12.5. The van der Waals surface area contributed by atoms with Crippen LogP contribution in [-0.4, -0.2) is 5.91 Å². The maximum absolute atomic E-state index is 12.5. The van der Waals surface area contributed by atoms with E-state index < -0.39 is 0 Å². The summed E-state index contributed by atoms with van der Waals surface area (Å²) in [6.07, 6.45) is 0. The van der Waals surface area contributed by atoms with Gasteiger partial charge >= 0.3 is 0 Å². The van der Waals surface area contributed by atoms with Gasteiger partial charge in [-0.25, -0.2) is 0 Å². The van der Waals surface area contributed by atoms with E-state index in [0.717, 1.165) is 22.3 Å². The number of amides is 1. The Balaban J connectivity index is 1.51. The highest BCUT2D eigenvalue weighted by Crippen LogP contribution is 2.26. The van der Waals surface area contributed by atoms with Crippen LogP contribution in [0.2, 0.25) is 0 Å². The van der Waals surface area contributed by atoms with Crippen LogP contribution in [0, 0.1) is 0 Å². The molecule has 4 rings (SSSR count). The number of carbonyl (C=O) groups is 1. The number of rotatable bonds is 5. The van der Waals surface area contributed by atoms with E-state index in [1.165, 1.54) is 0 Å². The van der Waals surface area contributed by atoms with Crippen LogP contribution >= 0.6 is 0 Å². The Labute approximate surface area is 176 Å². The molecule has 1 amide bonds. The van der Waals surface area contributed by atoms with Crippen LogP contribution in [0.4, 0.5) is 11.4 Å². The molecule has 0 aliphatic heterocycles. The molecular formula is C26H23N3O. The van der Waals surface area contributed by atoms with Gasteiger partial charge in [-0.3, -0.25) is 4.79 Å². The summed E-state index contributed by atoms with van der Waals surface area (Å²) in [5.41, 5.74) is 18.3. The zero-order valence-corrected chi connectivity index (χ0v) is 16.5. The molecule has 0 heterocycles. The number of hydrogen-bond donors (Lipinski definition) is 3. The molecule has 4 aromatic carbocycles. The third-order valence-electron chi connectivity index (χ3n) is 5.09. The second kappa shape index (κ2) is 8.64.